The Labute approximate surface area is 200 Å². The highest BCUT2D eigenvalue weighted by molar-refractivity contribution is 6.07. The van der Waals surface area contributed by atoms with E-state index < -0.39 is 11.7 Å². The topological polar surface area (TPSA) is 82.5 Å². The van der Waals surface area contributed by atoms with E-state index in [9.17, 15) is 9.59 Å². The molecule has 34 heavy (non-hydrogen) atoms. The molecule has 7 heteroatoms. The largest absolute Gasteiger partial charge is 0.491 e. The summed E-state index contributed by atoms with van der Waals surface area (Å²) in [5, 5.41) is 5.32. The maximum Gasteiger partial charge on any atom is 0.407 e. The van der Waals surface area contributed by atoms with Crippen LogP contribution < -0.4 is 15.6 Å². The first-order valence-electron chi connectivity index (χ1n) is 11.6. The third-order valence-electron chi connectivity index (χ3n) is 5.58. The SMILES string of the molecule is C=Cc1cc2c3ccnc(C)c3c(=O)n(C)c2cc1OC[C@H](CC(C)C)NC(=O)OC(C)(C)C. The second kappa shape index (κ2) is 9.87. The van der Waals surface area contributed by atoms with Gasteiger partial charge in [0.1, 0.15) is 18.0 Å². The predicted molar refractivity (Wildman–Crippen MR) is 137 cm³/mol. The van der Waals surface area contributed by atoms with Crippen molar-refractivity contribution in [3.63, 3.8) is 0 Å². The first-order chi connectivity index (χ1) is 15.9. The number of nitrogens with one attached hydrogen (secondary N) is 1. The average molecular weight is 466 g/mol. The molecule has 3 aromatic rings. The van der Waals surface area contributed by atoms with Crippen molar-refractivity contribution in [2.45, 2.75) is 59.6 Å². The van der Waals surface area contributed by atoms with Crippen molar-refractivity contribution in [1.82, 2.24) is 14.9 Å². The van der Waals surface area contributed by atoms with Crippen LogP contribution in [-0.2, 0) is 11.8 Å². The van der Waals surface area contributed by atoms with E-state index in [1.165, 1.54) is 0 Å². The highest BCUT2D eigenvalue weighted by Gasteiger charge is 2.21. The van der Waals surface area contributed by atoms with Gasteiger partial charge in [-0.05, 0) is 57.6 Å². The zero-order chi connectivity index (χ0) is 25.2. The van der Waals surface area contributed by atoms with Gasteiger partial charge in [-0.1, -0.05) is 26.5 Å². The number of hydrogen-bond acceptors (Lipinski definition) is 5. The second-order valence-corrected chi connectivity index (χ2v) is 10.1. The zero-order valence-electron chi connectivity index (χ0n) is 21.2. The van der Waals surface area contributed by atoms with Crippen molar-refractivity contribution in [1.29, 1.82) is 0 Å². The number of carbonyl (C=O) groups excluding carboxylic acids is 1. The molecule has 1 N–H and O–H groups in total. The van der Waals surface area contributed by atoms with Crippen LogP contribution in [0.2, 0.25) is 0 Å². The minimum atomic E-state index is -0.580. The normalized spacial score (nSPS) is 12.7. The number of pyridine rings is 2. The number of nitrogens with zero attached hydrogens (tertiary/aromatic N) is 2. The second-order valence-electron chi connectivity index (χ2n) is 10.1. The number of ether oxygens (including phenoxy) is 2. The molecule has 2 heterocycles. The molecule has 0 saturated heterocycles. The Balaban J connectivity index is 1.97. The van der Waals surface area contributed by atoms with Crippen LogP contribution in [0.25, 0.3) is 27.8 Å². The summed E-state index contributed by atoms with van der Waals surface area (Å²) in [7, 11) is 1.75. The number of rotatable bonds is 7. The van der Waals surface area contributed by atoms with Crippen LogP contribution in [0.1, 0.15) is 52.3 Å². The molecule has 0 unspecified atom stereocenters. The van der Waals surface area contributed by atoms with Crippen LogP contribution in [-0.4, -0.2) is 33.9 Å². The fraction of sp³-hybridized carbons (Fsp3) is 0.444. The van der Waals surface area contributed by atoms with Gasteiger partial charge in [-0.2, -0.15) is 0 Å². The Morgan fingerprint density at radius 2 is 1.97 bits per heavy atom. The monoisotopic (exact) mass is 465 g/mol. The number of alkyl carbamates (subject to hydrolysis) is 1. The molecule has 0 spiro atoms. The Bertz CT molecular complexity index is 1290. The highest BCUT2D eigenvalue weighted by Crippen LogP contribution is 2.31. The maximum absolute atomic E-state index is 13.1. The molecule has 0 saturated carbocycles. The van der Waals surface area contributed by atoms with Crippen molar-refractivity contribution >= 4 is 33.8 Å². The lowest BCUT2D eigenvalue weighted by molar-refractivity contribution is 0.0480. The molecule has 0 aliphatic rings. The lowest BCUT2D eigenvalue weighted by Gasteiger charge is -2.25. The molecule has 0 bridgehead atoms. The van der Waals surface area contributed by atoms with Crippen LogP contribution in [0.4, 0.5) is 4.79 Å². The van der Waals surface area contributed by atoms with Gasteiger partial charge in [0.25, 0.3) is 5.56 Å². The molecular formula is C27H35N3O4. The van der Waals surface area contributed by atoms with Gasteiger partial charge in [-0.25, -0.2) is 4.79 Å². The first kappa shape index (κ1) is 25.3. The van der Waals surface area contributed by atoms with Crippen molar-refractivity contribution in [2.24, 2.45) is 13.0 Å². The summed E-state index contributed by atoms with van der Waals surface area (Å²) in [5.41, 5.74) is 1.58. The van der Waals surface area contributed by atoms with Crippen LogP contribution in [0.3, 0.4) is 0 Å². The lowest BCUT2D eigenvalue weighted by Crippen LogP contribution is -2.42. The molecule has 3 rings (SSSR count). The number of aryl methyl sites for hydroxylation is 2. The predicted octanol–water partition coefficient (Wildman–Crippen LogP) is 5.36. The summed E-state index contributed by atoms with van der Waals surface area (Å²) in [6.45, 7) is 15.7. The van der Waals surface area contributed by atoms with E-state index in [0.29, 0.717) is 22.7 Å². The molecule has 7 nitrogen and oxygen atoms in total. The van der Waals surface area contributed by atoms with Crippen molar-refractivity contribution in [2.75, 3.05) is 6.61 Å². The third kappa shape index (κ3) is 5.58. The van der Waals surface area contributed by atoms with E-state index in [2.05, 4.69) is 30.7 Å². The summed E-state index contributed by atoms with van der Waals surface area (Å²) in [6, 6.07) is 5.47. The number of benzene rings is 1. The Morgan fingerprint density at radius 3 is 2.59 bits per heavy atom. The van der Waals surface area contributed by atoms with Crippen LogP contribution in [0.5, 0.6) is 5.75 Å². The van der Waals surface area contributed by atoms with Crippen LogP contribution in [0, 0.1) is 12.8 Å². The number of carbonyl (C=O) groups is 1. The van der Waals surface area contributed by atoms with Crippen LogP contribution >= 0.6 is 0 Å². The molecule has 0 fully saturated rings. The van der Waals surface area contributed by atoms with E-state index in [0.717, 1.165) is 28.3 Å². The van der Waals surface area contributed by atoms with Gasteiger partial charge < -0.3 is 19.4 Å². The summed E-state index contributed by atoms with van der Waals surface area (Å²) in [6.07, 6.45) is 3.71. The minimum absolute atomic E-state index is 0.102. The van der Waals surface area contributed by atoms with Gasteiger partial charge in [-0.3, -0.25) is 9.78 Å². The van der Waals surface area contributed by atoms with E-state index in [4.69, 9.17) is 9.47 Å². The number of amides is 1. The van der Waals surface area contributed by atoms with Gasteiger partial charge in [0.2, 0.25) is 0 Å². The van der Waals surface area contributed by atoms with Gasteiger partial charge in [-0.15, -0.1) is 0 Å². The molecule has 182 valence electrons. The molecule has 1 amide bonds. The molecule has 2 aromatic heterocycles. The Morgan fingerprint density at radius 1 is 1.26 bits per heavy atom. The van der Waals surface area contributed by atoms with E-state index in [1.54, 1.807) is 23.9 Å². The minimum Gasteiger partial charge on any atom is -0.491 e. The van der Waals surface area contributed by atoms with E-state index >= 15 is 0 Å². The molecule has 1 aromatic carbocycles. The smallest absolute Gasteiger partial charge is 0.407 e. The third-order valence-corrected chi connectivity index (χ3v) is 5.58. The maximum atomic E-state index is 13.1. The standard InChI is InChI=1S/C27H35N3O4/c1-9-18-13-21-20-10-11-28-17(4)24(20)25(31)30(8)22(21)14-23(18)33-15-19(12-16(2)3)29-26(32)34-27(5,6)7/h9-11,13-14,16,19H,1,12,15H2,2-8H3,(H,29,32)/t19-/m0/s1. The van der Waals surface area contributed by atoms with Crippen molar-refractivity contribution in [3.05, 3.63) is 52.6 Å². The quantitative estimate of drug-likeness (QED) is 0.475. The van der Waals surface area contributed by atoms with Gasteiger partial charge in [0.05, 0.1) is 22.6 Å². The lowest BCUT2D eigenvalue weighted by atomic mass is 10.0. The number of hydrogen-bond donors (Lipinski definition) is 1. The van der Waals surface area contributed by atoms with E-state index in [1.807, 2.05) is 45.9 Å². The molecule has 0 aliphatic heterocycles. The van der Waals surface area contributed by atoms with Gasteiger partial charge >= 0.3 is 6.09 Å². The van der Waals surface area contributed by atoms with Gasteiger partial charge in [0, 0.05) is 30.3 Å². The molecule has 1 atom stereocenters. The molecular weight excluding hydrogens is 430 g/mol. The summed E-state index contributed by atoms with van der Waals surface area (Å²) in [5.74, 6) is 0.949. The fourth-order valence-electron chi connectivity index (χ4n) is 4.10. The average Bonchev–Trinajstić information content (AvgIpc) is 2.73. The van der Waals surface area contributed by atoms with Crippen molar-refractivity contribution in [3.8, 4) is 5.75 Å². The summed E-state index contributed by atoms with van der Waals surface area (Å²) in [4.78, 5) is 29.7. The summed E-state index contributed by atoms with van der Waals surface area (Å²) < 4.78 is 13.2. The number of fused-ring (bicyclic) bond motifs is 3. The summed E-state index contributed by atoms with van der Waals surface area (Å²) >= 11 is 0. The zero-order valence-corrected chi connectivity index (χ0v) is 21.2. The van der Waals surface area contributed by atoms with Crippen molar-refractivity contribution < 1.29 is 14.3 Å². The van der Waals surface area contributed by atoms with Gasteiger partial charge in [0.15, 0.2) is 0 Å². The Hall–Kier alpha value is -3.35. The fourth-order valence-corrected chi connectivity index (χ4v) is 4.10. The van der Waals surface area contributed by atoms with Crippen LogP contribution in [0.15, 0.2) is 35.8 Å². The van der Waals surface area contributed by atoms with E-state index in [-0.39, 0.29) is 18.2 Å². The molecule has 0 radical (unpaired) electrons. The first-order valence-corrected chi connectivity index (χ1v) is 11.6. The Kier molecular flexibility index (Phi) is 7.34. The highest BCUT2D eigenvalue weighted by atomic mass is 16.6. The molecule has 0 aliphatic carbocycles. The number of aromatic nitrogens is 2.